The molecule has 1 saturated carbocycles. The van der Waals surface area contributed by atoms with E-state index in [1.165, 1.54) is 17.5 Å². The number of para-hydroxylation sites is 1. The molecule has 1 aliphatic carbocycles. The highest BCUT2D eigenvalue weighted by atomic mass is 32.1. The second-order valence-electron chi connectivity index (χ2n) is 6.64. The Bertz CT molecular complexity index is 696. The van der Waals surface area contributed by atoms with Crippen molar-refractivity contribution in [2.24, 2.45) is 0 Å². The van der Waals surface area contributed by atoms with Gasteiger partial charge in [0.2, 0.25) is 0 Å². The number of ether oxygens (including phenoxy) is 2. The first-order chi connectivity index (χ1) is 12.3. The van der Waals surface area contributed by atoms with Crippen molar-refractivity contribution < 1.29 is 14.3 Å². The fourth-order valence-corrected chi connectivity index (χ4v) is 4.44. The number of hydrogen-bond acceptors (Lipinski definition) is 6. The van der Waals surface area contributed by atoms with Gasteiger partial charge < -0.3 is 19.7 Å². The van der Waals surface area contributed by atoms with E-state index in [1.54, 1.807) is 11.3 Å². The van der Waals surface area contributed by atoms with Crippen LogP contribution in [-0.4, -0.2) is 49.5 Å². The van der Waals surface area contributed by atoms with Gasteiger partial charge in [-0.1, -0.05) is 36.3 Å². The molecular weight excluding hydrogens is 338 g/mol. The van der Waals surface area contributed by atoms with Gasteiger partial charge in [0.15, 0.2) is 5.13 Å². The number of amides is 1. The van der Waals surface area contributed by atoms with E-state index in [2.05, 4.69) is 16.3 Å². The van der Waals surface area contributed by atoms with Crippen LogP contribution in [-0.2, 0) is 9.47 Å². The van der Waals surface area contributed by atoms with Crippen LogP contribution in [0.2, 0.25) is 0 Å². The standard InChI is InChI=1S/C18H23N3O3S/c22-18(19-13-5-1-2-6-13)24-14-11-21(9-10-23-12-14)17-20-15-7-3-4-8-16(15)25-17/h3-4,7-8,13-14H,1-2,5-6,9-12H2,(H,19,22)/t14-/m1/s1. The monoisotopic (exact) mass is 361 g/mol. The number of carbonyl (C=O) groups excluding carboxylic acids is 1. The smallest absolute Gasteiger partial charge is 0.407 e. The van der Waals surface area contributed by atoms with Gasteiger partial charge in [-0.2, -0.15) is 0 Å². The normalized spacial score (nSPS) is 22.1. The van der Waals surface area contributed by atoms with Gasteiger partial charge in [0.1, 0.15) is 6.10 Å². The Kier molecular flexibility index (Phi) is 5.03. The molecule has 0 spiro atoms. The summed E-state index contributed by atoms with van der Waals surface area (Å²) in [4.78, 5) is 19.0. The number of alkyl carbamates (subject to hydrolysis) is 1. The van der Waals surface area contributed by atoms with Gasteiger partial charge >= 0.3 is 6.09 Å². The molecule has 0 bridgehead atoms. The third-order valence-corrected chi connectivity index (χ3v) is 5.83. The molecule has 2 aromatic rings. The fraction of sp³-hybridized carbons (Fsp3) is 0.556. The summed E-state index contributed by atoms with van der Waals surface area (Å²) in [6.45, 7) is 2.40. The predicted octanol–water partition coefficient (Wildman–Crippen LogP) is 3.17. The van der Waals surface area contributed by atoms with Crippen LogP contribution >= 0.6 is 11.3 Å². The van der Waals surface area contributed by atoms with Crippen LogP contribution in [0.3, 0.4) is 0 Å². The largest absolute Gasteiger partial charge is 0.442 e. The molecular formula is C18H23N3O3S. The minimum absolute atomic E-state index is 0.263. The average molecular weight is 361 g/mol. The van der Waals surface area contributed by atoms with Crippen LogP contribution < -0.4 is 10.2 Å². The van der Waals surface area contributed by atoms with E-state index < -0.39 is 0 Å². The van der Waals surface area contributed by atoms with Gasteiger partial charge in [-0.15, -0.1) is 0 Å². The Morgan fingerprint density at radius 1 is 1.32 bits per heavy atom. The topological polar surface area (TPSA) is 63.7 Å². The first-order valence-electron chi connectivity index (χ1n) is 8.93. The second-order valence-corrected chi connectivity index (χ2v) is 7.65. The molecule has 4 rings (SSSR count). The van der Waals surface area contributed by atoms with Crippen molar-refractivity contribution in [3.63, 3.8) is 0 Å². The number of nitrogens with zero attached hydrogens (tertiary/aromatic N) is 2. The molecule has 134 valence electrons. The number of hydrogen-bond donors (Lipinski definition) is 1. The van der Waals surface area contributed by atoms with Crippen molar-refractivity contribution in [1.29, 1.82) is 0 Å². The number of carbonyl (C=O) groups is 1. The Labute approximate surface area is 151 Å². The number of fused-ring (bicyclic) bond motifs is 1. The van der Waals surface area contributed by atoms with Crippen molar-refractivity contribution in [1.82, 2.24) is 10.3 Å². The summed E-state index contributed by atoms with van der Waals surface area (Å²) in [6, 6.07) is 8.38. The fourth-order valence-electron chi connectivity index (χ4n) is 3.44. The minimum Gasteiger partial charge on any atom is -0.442 e. The van der Waals surface area contributed by atoms with Crippen molar-refractivity contribution in [3.8, 4) is 0 Å². The van der Waals surface area contributed by atoms with E-state index in [4.69, 9.17) is 14.5 Å². The molecule has 2 heterocycles. The third kappa shape index (κ3) is 4.04. The molecule has 1 saturated heterocycles. The number of aromatic nitrogens is 1. The van der Waals surface area contributed by atoms with Gasteiger partial charge in [0.25, 0.3) is 0 Å². The van der Waals surface area contributed by atoms with Gasteiger partial charge in [-0.25, -0.2) is 9.78 Å². The van der Waals surface area contributed by atoms with Crippen LogP contribution in [0.1, 0.15) is 25.7 Å². The molecule has 2 aliphatic rings. The molecule has 2 fully saturated rings. The van der Waals surface area contributed by atoms with Crippen LogP contribution in [0.4, 0.5) is 9.93 Å². The zero-order valence-electron chi connectivity index (χ0n) is 14.1. The van der Waals surface area contributed by atoms with E-state index >= 15 is 0 Å². The zero-order valence-corrected chi connectivity index (χ0v) is 15.0. The molecule has 1 atom stereocenters. The van der Waals surface area contributed by atoms with E-state index in [-0.39, 0.29) is 18.2 Å². The van der Waals surface area contributed by atoms with E-state index in [0.717, 1.165) is 30.0 Å². The maximum Gasteiger partial charge on any atom is 0.407 e. The lowest BCUT2D eigenvalue weighted by atomic mass is 10.3. The summed E-state index contributed by atoms with van der Waals surface area (Å²) in [7, 11) is 0. The van der Waals surface area contributed by atoms with Crippen LogP contribution in [0.15, 0.2) is 24.3 Å². The highest BCUT2D eigenvalue weighted by Crippen LogP contribution is 2.29. The Morgan fingerprint density at radius 3 is 3.00 bits per heavy atom. The summed E-state index contributed by atoms with van der Waals surface area (Å²) in [5.74, 6) is 0. The quantitative estimate of drug-likeness (QED) is 0.910. The van der Waals surface area contributed by atoms with Crippen molar-refractivity contribution in [2.75, 3.05) is 31.2 Å². The number of rotatable bonds is 3. The zero-order chi connectivity index (χ0) is 17.1. The maximum atomic E-state index is 12.1. The molecule has 1 aliphatic heterocycles. The van der Waals surface area contributed by atoms with E-state index in [9.17, 15) is 4.79 Å². The van der Waals surface area contributed by atoms with Crippen LogP contribution in [0.5, 0.6) is 0 Å². The Hall–Kier alpha value is -1.86. The maximum absolute atomic E-state index is 12.1. The van der Waals surface area contributed by atoms with Gasteiger partial charge in [0, 0.05) is 12.6 Å². The van der Waals surface area contributed by atoms with Crippen molar-refractivity contribution in [3.05, 3.63) is 24.3 Å². The third-order valence-electron chi connectivity index (χ3n) is 4.74. The number of thiazole rings is 1. The predicted molar refractivity (Wildman–Crippen MR) is 98.3 cm³/mol. The van der Waals surface area contributed by atoms with Gasteiger partial charge in [-0.05, 0) is 25.0 Å². The molecule has 0 radical (unpaired) electrons. The lowest BCUT2D eigenvalue weighted by Crippen LogP contribution is -2.40. The van der Waals surface area contributed by atoms with Crippen LogP contribution in [0.25, 0.3) is 10.2 Å². The van der Waals surface area contributed by atoms with Crippen LogP contribution in [0, 0.1) is 0 Å². The van der Waals surface area contributed by atoms with E-state index in [1.807, 2.05) is 18.2 Å². The molecule has 1 aromatic carbocycles. The Morgan fingerprint density at radius 2 is 2.16 bits per heavy atom. The summed E-state index contributed by atoms with van der Waals surface area (Å²) < 4.78 is 12.4. The molecule has 1 aromatic heterocycles. The molecule has 1 amide bonds. The number of anilines is 1. The first kappa shape index (κ1) is 16.6. The highest BCUT2D eigenvalue weighted by molar-refractivity contribution is 7.22. The summed E-state index contributed by atoms with van der Waals surface area (Å²) >= 11 is 1.66. The molecule has 0 unspecified atom stereocenters. The number of nitrogens with one attached hydrogen (secondary N) is 1. The number of benzene rings is 1. The Balaban J connectivity index is 1.40. The lowest BCUT2D eigenvalue weighted by Gasteiger charge is -2.23. The van der Waals surface area contributed by atoms with Gasteiger partial charge in [-0.3, -0.25) is 0 Å². The highest BCUT2D eigenvalue weighted by Gasteiger charge is 2.25. The SMILES string of the molecule is O=C(NC1CCCC1)O[C@H]1COCCN(c2nc3ccccc3s2)C1. The summed E-state index contributed by atoms with van der Waals surface area (Å²) in [5.41, 5.74) is 1.00. The van der Waals surface area contributed by atoms with Crippen molar-refractivity contribution >= 4 is 32.8 Å². The second kappa shape index (κ2) is 7.58. The molecule has 1 N–H and O–H groups in total. The molecule has 7 heteroatoms. The summed E-state index contributed by atoms with van der Waals surface area (Å²) in [5, 5.41) is 3.93. The van der Waals surface area contributed by atoms with Gasteiger partial charge in [0.05, 0.1) is 30.0 Å². The molecule has 6 nitrogen and oxygen atoms in total. The first-order valence-corrected chi connectivity index (χ1v) is 9.75. The lowest BCUT2D eigenvalue weighted by molar-refractivity contribution is 0.0369. The van der Waals surface area contributed by atoms with E-state index in [0.29, 0.717) is 19.8 Å². The minimum atomic E-state index is -0.327. The average Bonchev–Trinajstić information content (AvgIpc) is 3.21. The van der Waals surface area contributed by atoms with Crippen molar-refractivity contribution in [2.45, 2.75) is 37.8 Å². The molecule has 25 heavy (non-hydrogen) atoms. The summed E-state index contributed by atoms with van der Waals surface area (Å²) in [6.07, 6.45) is 3.86.